The molecule has 0 radical (unpaired) electrons. The lowest BCUT2D eigenvalue weighted by Crippen LogP contribution is -2.65. The largest absolute Gasteiger partial charge is 0.478 e. The molecule has 3 aliphatic heterocycles. The first-order valence-electron chi connectivity index (χ1n) is 12.6. The molecule has 222 valence electrons. The number of carboxylic acids is 1. The number of hydrogen-bond donors (Lipinski definition) is 4. The molecule has 1 aliphatic carbocycles. The number of hydrogen-bond acceptors (Lipinski definition) is 14. The van der Waals surface area contributed by atoms with Gasteiger partial charge in [-0.25, -0.2) is 14.1 Å². The fraction of sp³-hybridized carbons (Fsp3) is 0.619. The summed E-state index contributed by atoms with van der Waals surface area (Å²) in [6.45, 7) is 1.73. The minimum Gasteiger partial charge on any atom is -0.478 e. The van der Waals surface area contributed by atoms with Crippen LogP contribution in [0, 0.1) is 0 Å². The number of likely N-dealkylation sites (tertiary alicyclic amines) is 1. The van der Waals surface area contributed by atoms with E-state index in [-0.39, 0.29) is 40.7 Å². The first-order valence-corrected chi connectivity index (χ1v) is 15.0. The third-order valence-corrected chi connectivity index (χ3v) is 8.85. The van der Waals surface area contributed by atoms with Crippen molar-refractivity contribution in [2.75, 3.05) is 18.8 Å². The van der Waals surface area contributed by atoms with Gasteiger partial charge in [0.1, 0.15) is 17.8 Å². The molecule has 2 amide bonds. The summed E-state index contributed by atoms with van der Waals surface area (Å²) in [5.74, 6) is -3.40. The predicted molar refractivity (Wildman–Crippen MR) is 143 cm³/mol. The lowest BCUT2D eigenvalue weighted by Gasteiger charge is -2.37. The molecule has 1 unspecified atom stereocenters. The topological polar surface area (TPSA) is 261 Å². The zero-order valence-electron chi connectivity index (χ0n) is 21.6. The maximum absolute atomic E-state index is 13.2. The molecule has 41 heavy (non-hydrogen) atoms. The van der Waals surface area contributed by atoms with E-state index < -0.39 is 57.2 Å². The van der Waals surface area contributed by atoms with Crippen molar-refractivity contribution in [2.24, 2.45) is 26.6 Å². The molecule has 4 aliphatic rings. The van der Waals surface area contributed by atoms with Crippen LogP contribution in [0.1, 0.15) is 31.4 Å². The zero-order chi connectivity index (χ0) is 29.5. The molecule has 0 spiro atoms. The SMILES string of the molecule is NC1=NC(/C(=N/OC2(C(=O)O)CC2)C(=O)N=C2C(=O)N(S(=O)(=O)O)[C@@H]2Cn2ncc(CN3CCC(N)CC3)n2)CS1. The third-order valence-electron chi connectivity index (χ3n) is 7.05. The molecule has 0 aromatic carbocycles. The molecule has 5 rings (SSSR count). The summed E-state index contributed by atoms with van der Waals surface area (Å²) < 4.78 is 33.7. The van der Waals surface area contributed by atoms with E-state index in [4.69, 9.17) is 16.3 Å². The van der Waals surface area contributed by atoms with Crippen molar-refractivity contribution in [1.29, 1.82) is 0 Å². The number of aliphatic imine (C=N–C) groups is 2. The van der Waals surface area contributed by atoms with Gasteiger partial charge in [-0.2, -0.15) is 23.4 Å². The van der Waals surface area contributed by atoms with Gasteiger partial charge in [0.05, 0.1) is 18.4 Å². The second-order valence-electron chi connectivity index (χ2n) is 10.1. The van der Waals surface area contributed by atoms with E-state index in [1.165, 1.54) is 6.20 Å². The maximum atomic E-state index is 13.2. The summed E-state index contributed by atoms with van der Waals surface area (Å²) in [5, 5.41) is 21.7. The molecule has 2 saturated heterocycles. The van der Waals surface area contributed by atoms with Crippen LogP contribution in [0.15, 0.2) is 21.3 Å². The van der Waals surface area contributed by atoms with E-state index in [0.717, 1.165) is 42.5 Å². The fourth-order valence-corrected chi connectivity index (χ4v) is 6.07. The molecule has 0 bridgehead atoms. The van der Waals surface area contributed by atoms with Gasteiger partial charge in [-0.1, -0.05) is 16.9 Å². The van der Waals surface area contributed by atoms with Crippen molar-refractivity contribution in [3.05, 3.63) is 11.9 Å². The number of nitrogens with zero attached hydrogens (tertiary/aromatic N) is 8. The average molecular weight is 613 g/mol. The molecule has 20 heteroatoms. The van der Waals surface area contributed by atoms with Crippen LogP contribution < -0.4 is 11.5 Å². The summed E-state index contributed by atoms with van der Waals surface area (Å²) in [6.07, 6.45) is 3.55. The Hall–Kier alpha value is -3.46. The van der Waals surface area contributed by atoms with E-state index in [1.807, 2.05) is 0 Å². The number of carbonyl (C=O) groups is 3. The Morgan fingerprint density at radius 3 is 2.56 bits per heavy atom. The quantitative estimate of drug-likeness (QED) is 0.0929. The van der Waals surface area contributed by atoms with Crippen molar-refractivity contribution in [3.63, 3.8) is 0 Å². The van der Waals surface area contributed by atoms with Gasteiger partial charge in [-0.05, 0) is 12.8 Å². The smallest absolute Gasteiger partial charge is 0.363 e. The van der Waals surface area contributed by atoms with Gasteiger partial charge < -0.3 is 21.4 Å². The molecular formula is C21H28N10O8S2. The van der Waals surface area contributed by atoms with Crippen LogP contribution in [0.3, 0.4) is 0 Å². The Morgan fingerprint density at radius 1 is 1.27 bits per heavy atom. The van der Waals surface area contributed by atoms with Crippen molar-refractivity contribution < 1.29 is 37.3 Å². The van der Waals surface area contributed by atoms with Gasteiger partial charge in [0.2, 0.25) is 5.60 Å². The Labute approximate surface area is 237 Å². The van der Waals surface area contributed by atoms with Crippen LogP contribution in [-0.2, 0) is 42.6 Å². The van der Waals surface area contributed by atoms with E-state index in [1.54, 1.807) is 0 Å². The van der Waals surface area contributed by atoms with Gasteiger partial charge in [0.15, 0.2) is 10.9 Å². The van der Waals surface area contributed by atoms with Crippen molar-refractivity contribution in [2.45, 2.75) is 62.5 Å². The number of aromatic nitrogens is 3. The highest BCUT2D eigenvalue weighted by Gasteiger charge is 2.55. The van der Waals surface area contributed by atoms with Gasteiger partial charge in [-0.15, -0.1) is 0 Å². The Balaban J connectivity index is 1.36. The first-order chi connectivity index (χ1) is 19.4. The van der Waals surface area contributed by atoms with Crippen LogP contribution in [-0.4, -0.2) is 119 Å². The van der Waals surface area contributed by atoms with Crippen molar-refractivity contribution in [3.8, 4) is 0 Å². The second kappa shape index (κ2) is 11.1. The summed E-state index contributed by atoms with van der Waals surface area (Å²) in [6, 6.07) is -2.18. The summed E-state index contributed by atoms with van der Waals surface area (Å²) in [7, 11) is -5.01. The van der Waals surface area contributed by atoms with Crippen molar-refractivity contribution >= 4 is 56.4 Å². The summed E-state index contributed by atoms with van der Waals surface area (Å²) in [4.78, 5) is 53.7. The highest BCUT2D eigenvalue weighted by molar-refractivity contribution is 8.14. The standard InChI is InChI=1S/C21H28N10O8S2/c22-11-1-5-29(6-2-11)8-12-7-24-30(27-12)9-14-16(18(33)31(14)41(36,37)38)26-17(32)15(13-10-40-20(23)25-13)28-39-21(3-4-21)19(34)35/h7,11,13-14H,1-6,8-10,22H2,(H2,23,25)(H,34,35)(H,36,37,38)/b26-16?,28-15-/t13?,14-/m1/s1. The maximum Gasteiger partial charge on any atom is 0.363 e. The molecular weight excluding hydrogens is 584 g/mol. The third kappa shape index (κ3) is 6.25. The van der Waals surface area contributed by atoms with E-state index in [2.05, 4.69) is 30.2 Å². The van der Waals surface area contributed by atoms with Crippen molar-refractivity contribution in [1.82, 2.24) is 24.2 Å². The number of nitrogens with two attached hydrogens (primary N) is 2. The van der Waals surface area contributed by atoms with Crippen LogP contribution in [0.4, 0.5) is 0 Å². The van der Waals surface area contributed by atoms with Gasteiger partial charge in [0, 0.05) is 44.3 Å². The minimum absolute atomic E-state index is 0.158. The number of amidine groups is 1. The Bertz CT molecular complexity index is 1450. The highest BCUT2D eigenvalue weighted by atomic mass is 32.2. The number of thioether (sulfide) groups is 1. The Morgan fingerprint density at radius 2 is 1.98 bits per heavy atom. The number of oxime groups is 1. The predicted octanol–water partition coefficient (Wildman–Crippen LogP) is -2.40. The summed E-state index contributed by atoms with van der Waals surface area (Å²) in [5.41, 5.74) is 9.76. The number of piperidine rings is 1. The molecule has 4 heterocycles. The molecule has 3 fully saturated rings. The lowest BCUT2D eigenvalue weighted by molar-refractivity contribution is -0.153. The Kier molecular flexibility index (Phi) is 7.85. The molecule has 2 atom stereocenters. The second-order valence-corrected chi connectivity index (χ2v) is 12.4. The molecule has 1 aromatic rings. The number of carbonyl (C=O) groups excluding carboxylic acids is 2. The van der Waals surface area contributed by atoms with E-state index in [9.17, 15) is 32.5 Å². The van der Waals surface area contributed by atoms with E-state index >= 15 is 0 Å². The summed E-state index contributed by atoms with van der Waals surface area (Å²) >= 11 is 1.12. The molecule has 18 nitrogen and oxygen atoms in total. The van der Waals surface area contributed by atoms with Crippen LogP contribution in [0.25, 0.3) is 0 Å². The monoisotopic (exact) mass is 612 g/mol. The molecule has 1 saturated carbocycles. The van der Waals surface area contributed by atoms with Gasteiger partial charge >= 0.3 is 16.3 Å². The van der Waals surface area contributed by atoms with Crippen LogP contribution in [0.5, 0.6) is 0 Å². The number of amides is 2. The van der Waals surface area contributed by atoms with E-state index in [0.29, 0.717) is 12.2 Å². The fourth-order valence-electron chi connectivity index (χ4n) is 4.51. The minimum atomic E-state index is -5.01. The first kappa shape index (κ1) is 29.0. The highest BCUT2D eigenvalue weighted by Crippen LogP contribution is 2.40. The molecule has 1 aromatic heterocycles. The van der Waals surface area contributed by atoms with Gasteiger partial charge in [0.25, 0.3) is 11.8 Å². The number of carboxylic acid groups (broad SMARTS) is 1. The van der Waals surface area contributed by atoms with Crippen LogP contribution in [0.2, 0.25) is 0 Å². The number of β-lactam (4-membered cyclic amide) rings is 1. The molecule has 6 N–H and O–H groups in total. The van der Waals surface area contributed by atoms with Crippen LogP contribution >= 0.6 is 11.8 Å². The number of aliphatic carboxylic acids is 1. The lowest BCUT2D eigenvalue weighted by atomic mass is 10.0. The number of rotatable bonds is 10. The normalized spacial score (nSPS) is 26.1. The zero-order valence-corrected chi connectivity index (χ0v) is 23.2. The average Bonchev–Trinajstić information content (AvgIpc) is 3.38. The van der Waals surface area contributed by atoms with Gasteiger partial charge in [-0.3, -0.25) is 24.0 Å².